The lowest BCUT2D eigenvalue weighted by atomic mass is 10.0. The van der Waals surface area contributed by atoms with Crippen LogP contribution in [0.15, 0.2) is 18.2 Å². The smallest absolute Gasteiger partial charge is 0.416 e. The predicted molar refractivity (Wildman–Crippen MR) is 76.0 cm³/mol. The van der Waals surface area contributed by atoms with Crippen LogP contribution < -0.4 is 4.72 Å². The van der Waals surface area contributed by atoms with Gasteiger partial charge in [-0.3, -0.25) is 0 Å². The lowest BCUT2D eigenvalue weighted by molar-refractivity contribution is -0.153. The van der Waals surface area contributed by atoms with Gasteiger partial charge in [-0.1, -0.05) is 12.1 Å². The average molecular weight is 361 g/mol. The summed E-state index contributed by atoms with van der Waals surface area (Å²) in [7, 11) is 0. The van der Waals surface area contributed by atoms with E-state index in [-0.39, 0.29) is 5.56 Å². The summed E-state index contributed by atoms with van der Waals surface area (Å²) < 4.78 is 90.6. The highest BCUT2D eigenvalue weighted by Gasteiger charge is 2.46. The minimum Gasteiger partial charge on any atom is -0.598 e. The van der Waals surface area contributed by atoms with Crippen LogP contribution in [0.1, 0.15) is 43.5 Å². The van der Waals surface area contributed by atoms with Crippen LogP contribution in [0.2, 0.25) is 0 Å². The van der Waals surface area contributed by atoms with Crippen molar-refractivity contribution in [1.29, 1.82) is 0 Å². The highest BCUT2D eigenvalue weighted by Crippen LogP contribution is 2.38. The molecular weight excluding hydrogens is 344 g/mol. The summed E-state index contributed by atoms with van der Waals surface area (Å²) in [5.74, 6) is 0. The Balaban J connectivity index is 3.22. The van der Waals surface area contributed by atoms with E-state index in [2.05, 4.69) is 0 Å². The van der Waals surface area contributed by atoms with E-state index in [1.165, 1.54) is 20.8 Å². The molecule has 0 radical (unpaired) electrons. The van der Waals surface area contributed by atoms with Gasteiger partial charge in [0.15, 0.2) is 6.04 Å². The maximum Gasteiger partial charge on any atom is 0.416 e. The summed E-state index contributed by atoms with van der Waals surface area (Å²) in [4.78, 5) is 0. The van der Waals surface area contributed by atoms with Gasteiger partial charge in [-0.15, -0.1) is 4.72 Å². The molecular formula is C14H17F6NOS. The van der Waals surface area contributed by atoms with E-state index >= 15 is 0 Å². The first-order chi connectivity index (χ1) is 10.1. The Morgan fingerprint density at radius 3 is 1.91 bits per heavy atom. The van der Waals surface area contributed by atoms with E-state index in [9.17, 15) is 30.9 Å². The van der Waals surface area contributed by atoms with Gasteiger partial charge in [0, 0.05) is 11.4 Å². The largest absolute Gasteiger partial charge is 0.598 e. The second-order valence-corrected chi connectivity index (χ2v) is 8.04. The zero-order chi connectivity index (χ0) is 18.2. The molecule has 0 heterocycles. The number of benzene rings is 1. The molecule has 0 bridgehead atoms. The van der Waals surface area contributed by atoms with Crippen molar-refractivity contribution in [2.24, 2.45) is 0 Å². The first kappa shape index (κ1) is 20.1. The second-order valence-electron chi connectivity index (χ2n) is 6.05. The number of nitrogens with one attached hydrogen (secondary N) is 1. The van der Waals surface area contributed by atoms with E-state index in [0.717, 1.165) is 19.1 Å². The van der Waals surface area contributed by atoms with E-state index in [1.54, 1.807) is 0 Å². The highest BCUT2D eigenvalue weighted by atomic mass is 32.2. The van der Waals surface area contributed by atoms with Crippen LogP contribution >= 0.6 is 0 Å². The van der Waals surface area contributed by atoms with Crippen molar-refractivity contribution < 1.29 is 30.9 Å². The zero-order valence-corrected chi connectivity index (χ0v) is 13.7. The van der Waals surface area contributed by atoms with Crippen molar-refractivity contribution in [2.45, 2.75) is 50.8 Å². The van der Waals surface area contributed by atoms with Crippen LogP contribution in [0.4, 0.5) is 26.3 Å². The van der Waals surface area contributed by atoms with Gasteiger partial charge in [0.2, 0.25) is 0 Å². The molecule has 0 saturated heterocycles. The molecule has 132 valence electrons. The molecule has 0 fully saturated rings. The Bertz CT molecular complexity index is 550. The van der Waals surface area contributed by atoms with Crippen LogP contribution in [0.3, 0.4) is 0 Å². The summed E-state index contributed by atoms with van der Waals surface area (Å²) in [5.41, 5.74) is -1.74. The molecule has 0 aliphatic carbocycles. The predicted octanol–water partition coefficient (Wildman–Crippen LogP) is 4.67. The quantitative estimate of drug-likeness (QED) is 0.627. The van der Waals surface area contributed by atoms with Gasteiger partial charge in [-0.2, -0.15) is 26.3 Å². The Morgan fingerprint density at radius 1 is 1.04 bits per heavy atom. The van der Waals surface area contributed by atoms with Crippen molar-refractivity contribution in [3.8, 4) is 0 Å². The lowest BCUT2D eigenvalue weighted by Crippen LogP contribution is -2.45. The molecule has 2 unspecified atom stereocenters. The fourth-order valence-corrected chi connectivity index (χ4v) is 2.63. The molecule has 0 aliphatic rings. The van der Waals surface area contributed by atoms with Gasteiger partial charge in [-0.25, -0.2) is 0 Å². The molecule has 0 aromatic heterocycles. The third-order valence-electron chi connectivity index (χ3n) is 3.00. The number of hydrogen-bond donors (Lipinski definition) is 1. The second kappa shape index (κ2) is 6.52. The third-order valence-corrected chi connectivity index (χ3v) is 4.56. The van der Waals surface area contributed by atoms with Crippen LogP contribution in [-0.2, 0) is 17.5 Å². The van der Waals surface area contributed by atoms with Crippen molar-refractivity contribution in [2.75, 3.05) is 0 Å². The molecule has 9 heteroatoms. The molecule has 2 atom stereocenters. The molecule has 1 aromatic carbocycles. The molecule has 0 spiro atoms. The van der Waals surface area contributed by atoms with Crippen LogP contribution in [0.5, 0.6) is 0 Å². The number of aryl methyl sites for hydroxylation is 1. The summed E-state index contributed by atoms with van der Waals surface area (Å²) in [6, 6.07) is -0.150. The van der Waals surface area contributed by atoms with Gasteiger partial charge in [0.25, 0.3) is 0 Å². The van der Waals surface area contributed by atoms with Gasteiger partial charge >= 0.3 is 12.4 Å². The van der Waals surface area contributed by atoms with Gasteiger partial charge < -0.3 is 4.55 Å². The summed E-state index contributed by atoms with van der Waals surface area (Å²) in [5, 5.41) is 0. The van der Waals surface area contributed by atoms with Crippen LogP contribution in [0.25, 0.3) is 0 Å². The van der Waals surface area contributed by atoms with Gasteiger partial charge in [-0.05, 0) is 44.9 Å². The van der Waals surface area contributed by atoms with E-state index in [4.69, 9.17) is 0 Å². The van der Waals surface area contributed by atoms with E-state index in [0.29, 0.717) is 6.07 Å². The lowest BCUT2D eigenvalue weighted by Gasteiger charge is -2.29. The molecule has 1 aromatic rings. The summed E-state index contributed by atoms with van der Waals surface area (Å²) in [6.07, 6.45) is -9.44. The zero-order valence-electron chi connectivity index (χ0n) is 12.9. The average Bonchev–Trinajstić information content (AvgIpc) is 2.31. The Morgan fingerprint density at radius 2 is 1.57 bits per heavy atom. The topological polar surface area (TPSA) is 35.1 Å². The van der Waals surface area contributed by atoms with Gasteiger partial charge in [0.1, 0.15) is 4.75 Å². The first-order valence-electron chi connectivity index (χ1n) is 6.56. The fraction of sp³-hybridized carbons (Fsp3) is 0.571. The molecule has 0 saturated carbocycles. The SMILES string of the molecule is Cc1cc(C(N[S+]([O-])C(C)(C)C)C(F)(F)F)ccc1C(F)(F)F. The first-order valence-corrected chi connectivity index (χ1v) is 7.71. The molecule has 1 rings (SSSR count). The molecule has 2 nitrogen and oxygen atoms in total. The van der Waals surface area contributed by atoms with E-state index in [1.807, 2.05) is 4.72 Å². The number of halogens is 6. The molecule has 23 heavy (non-hydrogen) atoms. The minimum atomic E-state index is -4.80. The van der Waals surface area contributed by atoms with E-state index < -0.39 is 45.6 Å². The monoisotopic (exact) mass is 361 g/mol. The number of rotatable bonds is 3. The maximum absolute atomic E-state index is 13.2. The van der Waals surface area contributed by atoms with Crippen LogP contribution in [-0.4, -0.2) is 15.5 Å². The molecule has 0 amide bonds. The third kappa shape index (κ3) is 5.29. The van der Waals surface area contributed by atoms with Crippen molar-refractivity contribution in [1.82, 2.24) is 4.72 Å². The van der Waals surface area contributed by atoms with Crippen molar-refractivity contribution >= 4 is 11.4 Å². The molecule has 0 aliphatic heterocycles. The Labute approximate surface area is 133 Å². The standard InChI is InChI=1S/C14H17F6NOS/c1-8-7-9(5-6-10(8)13(15,16)17)11(14(18,19)20)21-23(22)12(2,3)4/h5-7,11,21H,1-4H3. The van der Waals surface area contributed by atoms with Crippen LogP contribution in [0, 0.1) is 6.92 Å². The Hall–Kier alpha value is -0.930. The normalized spacial score (nSPS) is 16.3. The van der Waals surface area contributed by atoms with Crippen molar-refractivity contribution in [3.63, 3.8) is 0 Å². The highest BCUT2D eigenvalue weighted by molar-refractivity contribution is 7.90. The molecule has 1 N–H and O–H groups in total. The van der Waals surface area contributed by atoms with Gasteiger partial charge in [0.05, 0.1) is 5.56 Å². The number of hydrogen-bond acceptors (Lipinski definition) is 2. The number of alkyl halides is 6. The Kier molecular flexibility index (Phi) is 5.71. The minimum absolute atomic E-state index is 0.326. The summed E-state index contributed by atoms with van der Waals surface area (Å²) >= 11 is -2.04. The van der Waals surface area contributed by atoms with Crippen molar-refractivity contribution in [3.05, 3.63) is 34.9 Å². The fourth-order valence-electron chi connectivity index (χ4n) is 1.79. The summed E-state index contributed by atoms with van der Waals surface area (Å²) in [6.45, 7) is 5.55. The maximum atomic E-state index is 13.2.